The van der Waals surface area contributed by atoms with Crippen LogP contribution < -0.4 is 5.32 Å². The molecule has 0 amide bonds. The summed E-state index contributed by atoms with van der Waals surface area (Å²) in [6, 6.07) is 9.54. The molecule has 1 fully saturated rings. The number of nitrogens with one attached hydrogen (secondary N) is 1. The molecular weight excluding hydrogens is 250 g/mol. The van der Waals surface area contributed by atoms with Gasteiger partial charge in [0.15, 0.2) is 0 Å². The van der Waals surface area contributed by atoms with Crippen molar-refractivity contribution in [2.24, 2.45) is 0 Å². The van der Waals surface area contributed by atoms with E-state index >= 15 is 0 Å². The van der Waals surface area contributed by atoms with E-state index in [9.17, 15) is 0 Å². The van der Waals surface area contributed by atoms with E-state index in [4.69, 9.17) is 0 Å². The van der Waals surface area contributed by atoms with Gasteiger partial charge in [-0.2, -0.15) is 11.8 Å². The first-order chi connectivity index (χ1) is 8.86. The zero-order valence-electron chi connectivity index (χ0n) is 12.9. The van der Waals surface area contributed by atoms with E-state index in [1.54, 1.807) is 0 Å². The first kappa shape index (κ1) is 14.9. The van der Waals surface area contributed by atoms with Gasteiger partial charge in [0.1, 0.15) is 0 Å². The summed E-state index contributed by atoms with van der Waals surface area (Å²) in [5.74, 6) is 0. The minimum absolute atomic E-state index is 0.242. The molecule has 1 atom stereocenters. The molecule has 2 rings (SSSR count). The highest BCUT2D eigenvalue weighted by Crippen LogP contribution is 2.46. The highest BCUT2D eigenvalue weighted by atomic mass is 32.2. The van der Waals surface area contributed by atoms with E-state index in [0.29, 0.717) is 10.8 Å². The van der Waals surface area contributed by atoms with Crippen molar-refractivity contribution in [3.8, 4) is 0 Å². The molecule has 106 valence electrons. The Morgan fingerprint density at radius 3 is 2.21 bits per heavy atom. The normalized spacial score (nSPS) is 19.2. The van der Waals surface area contributed by atoms with Gasteiger partial charge in [0.05, 0.1) is 0 Å². The Bertz CT molecular complexity index is 412. The van der Waals surface area contributed by atoms with Crippen molar-refractivity contribution in [1.82, 2.24) is 5.32 Å². The van der Waals surface area contributed by atoms with Gasteiger partial charge in [0.25, 0.3) is 0 Å². The number of thioether (sulfide) groups is 1. The van der Waals surface area contributed by atoms with Crippen LogP contribution in [0.2, 0.25) is 0 Å². The number of benzene rings is 1. The molecule has 1 aromatic carbocycles. The quantitative estimate of drug-likeness (QED) is 0.848. The fraction of sp³-hybridized carbons (Fsp3) is 0.647. The monoisotopic (exact) mass is 277 g/mol. The lowest BCUT2D eigenvalue weighted by Gasteiger charge is -2.22. The number of rotatable bonds is 5. The van der Waals surface area contributed by atoms with Crippen molar-refractivity contribution in [3.05, 3.63) is 35.4 Å². The van der Waals surface area contributed by atoms with Crippen LogP contribution in [0.5, 0.6) is 0 Å². The first-order valence-corrected chi connectivity index (χ1v) is 8.48. The minimum atomic E-state index is 0.242. The molecule has 0 radical (unpaired) electrons. The lowest BCUT2D eigenvalue weighted by atomic mass is 9.86. The van der Waals surface area contributed by atoms with E-state index < -0.39 is 0 Å². The van der Waals surface area contributed by atoms with Crippen LogP contribution in [0.4, 0.5) is 0 Å². The third-order valence-electron chi connectivity index (χ3n) is 4.25. The fourth-order valence-electron chi connectivity index (χ4n) is 2.32. The van der Waals surface area contributed by atoms with Gasteiger partial charge in [-0.05, 0) is 42.6 Å². The van der Waals surface area contributed by atoms with Gasteiger partial charge >= 0.3 is 0 Å². The van der Waals surface area contributed by atoms with Gasteiger partial charge in [-0.3, -0.25) is 0 Å². The predicted molar refractivity (Wildman–Crippen MR) is 87.0 cm³/mol. The molecule has 0 spiro atoms. The van der Waals surface area contributed by atoms with Crippen LogP contribution in [0, 0.1) is 0 Å². The maximum atomic E-state index is 3.69. The molecule has 1 unspecified atom stereocenters. The Kier molecular flexibility index (Phi) is 4.32. The molecule has 1 N–H and O–H groups in total. The van der Waals surface area contributed by atoms with Crippen LogP contribution in [0.1, 0.15) is 57.7 Å². The van der Waals surface area contributed by atoms with Crippen LogP contribution in [0.25, 0.3) is 0 Å². The second-order valence-electron chi connectivity index (χ2n) is 6.86. The Morgan fingerprint density at radius 1 is 1.21 bits per heavy atom. The molecular formula is C17H27NS. The summed E-state index contributed by atoms with van der Waals surface area (Å²) >= 11 is 2.02. The summed E-state index contributed by atoms with van der Waals surface area (Å²) in [6.07, 6.45) is 4.98. The molecule has 0 heterocycles. The lowest BCUT2D eigenvalue weighted by Crippen LogP contribution is -2.28. The average Bonchev–Trinajstić information content (AvgIpc) is 3.16. The van der Waals surface area contributed by atoms with Crippen LogP contribution in [-0.2, 0) is 5.41 Å². The van der Waals surface area contributed by atoms with Crippen LogP contribution in [-0.4, -0.2) is 17.5 Å². The Balaban J connectivity index is 1.94. The molecule has 1 aliphatic rings. The van der Waals surface area contributed by atoms with E-state index in [1.165, 1.54) is 24.0 Å². The Morgan fingerprint density at radius 2 is 1.79 bits per heavy atom. The molecule has 0 aliphatic heterocycles. The third kappa shape index (κ3) is 3.76. The second-order valence-corrected chi connectivity index (χ2v) is 8.14. The molecule has 0 aromatic heterocycles. The minimum Gasteiger partial charge on any atom is -0.309 e. The van der Waals surface area contributed by atoms with Crippen molar-refractivity contribution in [3.63, 3.8) is 0 Å². The largest absolute Gasteiger partial charge is 0.309 e. The molecule has 1 aliphatic carbocycles. The SMILES string of the molecule is CSC1(CNC(C)c2ccc(C(C)(C)C)cc2)CC1. The Hall–Kier alpha value is -0.470. The second kappa shape index (κ2) is 5.49. The molecule has 19 heavy (non-hydrogen) atoms. The number of hydrogen-bond acceptors (Lipinski definition) is 2. The summed E-state index contributed by atoms with van der Waals surface area (Å²) in [6.45, 7) is 10.2. The van der Waals surface area contributed by atoms with Gasteiger partial charge in [0.2, 0.25) is 0 Å². The summed E-state index contributed by atoms with van der Waals surface area (Å²) < 4.78 is 0.541. The summed E-state index contributed by atoms with van der Waals surface area (Å²) in [5, 5.41) is 3.69. The van der Waals surface area contributed by atoms with E-state index in [0.717, 1.165) is 6.54 Å². The smallest absolute Gasteiger partial charge is 0.0292 e. The first-order valence-electron chi connectivity index (χ1n) is 7.25. The fourth-order valence-corrected chi connectivity index (χ4v) is 3.06. The molecule has 1 nitrogen and oxygen atoms in total. The maximum Gasteiger partial charge on any atom is 0.0292 e. The zero-order valence-corrected chi connectivity index (χ0v) is 13.7. The van der Waals surface area contributed by atoms with Crippen molar-refractivity contribution >= 4 is 11.8 Å². The molecule has 0 bridgehead atoms. The molecule has 1 saturated carbocycles. The zero-order chi connectivity index (χ0) is 14.1. The van der Waals surface area contributed by atoms with Gasteiger partial charge in [-0.15, -0.1) is 0 Å². The van der Waals surface area contributed by atoms with Crippen molar-refractivity contribution in [2.45, 2.75) is 56.7 Å². The number of hydrogen-bond donors (Lipinski definition) is 1. The molecule has 2 heteroatoms. The van der Waals surface area contributed by atoms with E-state index in [2.05, 4.69) is 63.5 Å². The van der Waals surface area contributed by atoms with Gasteiger partial charge in [0, 0.05) is 17.3 Å². The van der Waals surface area contributed by atoms with Gasteiger partial charge < -0.3 is 5.32 Å². The molecule has 0 saturated heterocycles. The third-order valence-corrected chi connectivity index (χ3v) is 5.67. The lowest BCUT2D eigenvalue weighted by molar-refractivity contribution is 0.560. The molecule has 1 aromatic rings. The van der Waals surface area contributed by atoms with Crippen LogP contribution >= 0.6 is 11.8 Å². The summed E-state index contributed by atoms with van der Waals surface area (Å²) in [5.41, 5.74) is 3.04. The van der Waals surface area contributed by atoms with Crippen molar-refractivity contribution < 1.29 is 0 Å². The standard InChI is InChI=1S/C17H27NS/c1-13(18-12-17(19-5)10-11-17)14-6-8-15(9-7-14)16(2,3)4/h6-9,13,18H,10-12H2,1-5H3. The average molecular weight is 277 g/mol. The highest BCUT2D eigenvalue weighted by Gasteiger charge is 2.41. The maximum absolute atomic E-state index is 3.69. The summed E-state index contributed by atoms with van der Waals surface area (Å²) in [7, 11) is 0. The van der Waals surface area contributed by atoms with E-state index in [-0.39, 0.29) is 5.41 Å². The summed E-state index contributed by atoms with van der Waals surface area (Å²) in [4.78, 5) is 0. The van der Waals surface area contributed by atoms with Gasteiger partial charge in [-0.1, -0.05) is 45.0 Å². The van der Waals surface area contributed by atoms with Crippen molar-refractivity contribution in [1.29, 1.82) is 0 Å². The van der Waals surface area contributed by atoms with Crippen molar-refractivity contribution in [2.75, 3.05) is 12.8 Å². The predicted octanol–water partition coefficient (Wildman–Crippen LogP) is 4.53. The van der Waals surface area contributed by atoms with Crippen LogP contribution in [0.15, 0.2) is 24.3 Å². The topological polar surface area (TPSA) is 12.0 Å². The van der Waals surface area contributed by atoms with Gasteiger partial charge in [-0.25, -0.2) is 0 Å². The Labute approximate surface area is 122 Å². The van der Waals surface area contributed by atoms with Crippen LogP contribution in [0.3, 0.4) is 0 Å². The highest BCUT2D eigenvalue weighted by molar-refractivity contribution is 8.00. The van der Waals surface area contributed by atoms with E-state index in [1.807, 2.05) is 11.8 Å².